The quantitative estimate of drug-likeness (QED) is 0.421. The fraction of sp³-hybridized carbons (Fsp3) is 0.481. The van der Waals surface area contributed by atoms with Crippen molar-refractivity contribution in [3.05, 3.63) is 70.5 Å². The predicted molar refractivity (Wildman–Crippen MR) is 118 cm³/mol. The van der Waals surface area contributed by atoms with Crippen LogP contribution in [0.2, 0.25) is 0 Å². The molecule has 5 heteroatoms. The minimum atomic E-state index is -1.15. The highest BCUT2D eigenvalue weighted by atomic mass is 19.2. The molecular formula is C27H30F4O. The van der Waals surface area contributed by atoms with Gasteiger partial charge in [0.05, 0.1) is 12.4 Å². The van der Waals surface area contributed by atoms with Crippen LogP contribution in [0.25, 0.3) is 11.1 Å². The van der Waals surface area contributed by atoms with Crippen LogP contribution < -0.4 is 0 Å². The molecule has 0 spiro atoms. The summed E-state index contributed by atoms with van der Waals surface area (Å²) in [6, 6.07) is 5.58. The lowest BCUT2D eigenvalue weighted by atomic mass is 9.72. The van der Waals surface area contributed by atoms with Crippen LogP contribution >= 0.6 is 0 Å². The summed E-state index contributed by atoms with van der Waals surface area (Å²) in [5.74, 6) is -2.19. The SMILES string of the molecule is CCCC1=CCC(C2CCC(c3ccc(-c4ccc(C)c(F)c4F)c(F)c3F)CC2)CO1. The van der Waals surface area contributed by atoms with Crippen molar-refractivity contribution in [1.29, 1.82) is 0 Å². The third-order valence-corrected chi connectivity index (χ3v) is 7.18. The zero-order valence-electron chi connectivity index (χ0n) is 18.7. The van der Waals surface area contributed by atoms with Crippen LogP contribution in [0.15, 0.2) is 36.1 Å². The summed E-state index contributed by atoms with van der Waals surface area (Å²) in [6.45, 7) is 4.32. The molecule has 1 unspecified atom stereocenters. The molecule has 4 rings (SSSR count). The second kappa shape index (κ2) is 9.68. The van der Waals surface area contributed by atoms with Crippen molar-refractivity contribution in [2.45, 2.75) is 64.7 Å². The maximum Gasteiger partial charge on any atom is 0.167 e. The molecule has 1 heterocycles. The Morgan fingerprint density at radius 3 is 2.09 bits per heavy atom. The molecule has 2 aromatic carbocycles. The Balaban J connectivity index is 1.46. The van der Waals surface area contributed by atoms with Gasteiger partial charge in [0, 0.05) is 17.5 Å². The van der Waals surface area contributed by atoms with E-state index in [4.69, 9.17) is 4.74 Å². The predicted octanol–water partition coefficient (Wildman–Crippen LogP) is 8.21. The molecule has 1 saturated carbocycles. The molecule has 0 radical (unpaired) electrons. The van der Waals surface area contributed by atoms with E-state index in [1.165, 1.54) is 25.1 Å². The first-order valence-corrected chi connectivity index (χ1v) is 11.6. The van der Waals surface area contributed by atoms with Gasteiger partial charge < -0.3 is 4.74 Å². The van der Waals surface area contributed by atoms with Crippen LogP contribution in [0.4, 0.5) is 17.6 Å². The molecule has 2 aromatic rings. The van der Waals surface area contributed by atoms with Gasteiger partial charge in [-0.05, 0) is 80.4 Å². The van der Waals surface area contributed by atoms with Crippen molar-refractivity contribution in [3.8, 4) is 11.1 Å². The fourth-order valence-electron chi connectivity index (χ4n) is 5.22. The first-order chi connectivity index (χ1) is 15.4. The van der Waals surface area contributed by atoms with E-state index < -0.39 is 23.3 Å². The molecule has 32 heavy (non-hydrogen) atoms. The normalized spacial score (nSPS) is 23.6. The van der Waals surface area contributed by atoms with E-state index in [0.29, 0.717) is 17.4 Å². The second-order valence-electron chi connectivity index (χ2n) is 9.23. The summed E-state index contributed by atoms with van der Waals surface area (Å²) in [5, 5.41) is 0. The Kier molecular flexibility index (Phi) is 6.92. The Bertz CT molecular complexity index is 1010. The van der Waals surface area contributed by atoms with Gasteiger partial charge in [-0.1, -0.05) is 31.2 Å². The van der Waals surface area contributed by atoms with Crippen LogP contribution in [0, 0.1) is 42.0 Å². The molecule has 0 bridgehead atoms. The summed E-state index contributed by atoms with van der Waals surface area (Å²) in [6.07, 6.45) is 8.79. The summed E-state index contributed by atoms with van der Waals surface area (Å²) in [7, 11) is 0. The van der Waals surface area contributed by atoms with Gasteiger partial charge in [-0.2, -0.15) is 0 Å². The van der Waals surface area contributed by atoms with Crippen molar-refractivity contribution >= 4 is 0 Å². The van der Waals surface area contributed by atoms with Gasteiger partial charge in [0.25, 0.3) is 0 Å². The van der Waals surface area contributed by atoms with E-state index in [2.05, 4.69) is 13.0 Å². The second-order valence-corrected chi connectivity index (χ2v) is 9.23. The van der Waals surface area contributed by atoms with Crippen LogP contribution in [-0.4, -0.2) is 6.61 Å². The summed E-state index contributed by atoms with van der Waals surface area (Å²) >= 11 is 0. The van der Waals surface area contributed by atoms with Crippen LogP contribution in [-0.2, 0) is 4.74 Å². The lowest BCUT2D eigenvalue weighted by Crippen LogP contribution is -2.26. The monoisotopic (exact) mass is 446 g/mol. The maximum atomic E-state index is 15.0. The number of hydrogen-bond acceptors (Lipinski definition) is 1. The van der Waals surface area contributed by atoms with E-state index in [-0.39, 0.29) is 22.6 Å². The van der Waals surface area contributed by atoms with Gasteiger partial charge in [0.1, 0.15) is 0 Å². The van der Waals surface area contributed by atoms with Crippen molar-refractivity contribution in [1.82, 2.24) is 0 Å². The maximum absolute atomic E-state index is 15.0. The fourth-order valence-corrected chi connectivity index (χ4v) is 5.22. The zero-order valence-corrected chi connectivity index (χ0v) is 18.7. The summed E-state index contributed by atoms with van der Waals surface area (Å²) < 4.78 is 64.0. The number of aryl methyl sites for hydroxylation is 1. The van der Waals surface area contributed by atoms with Gasteiger partial charge in [-0.15, -0.1) is 0 Å². The molecule has 0 amide bonds. The number of allylic oxidation sites excluding steroid dienone is 2. The Hall–Kier alpha value is -2.30. The average Bonchev–Trinajstić information content (AvgIpc) is 2.81. The zero-order chi connectivity index (χ0) is 22.8. The van der Waals surface area contributed by atoms with Crippen molar-refractivity contribution in [3.63, 3.8) is 0 Å². The molecule has 2 aliphatic rings. The molecule has 1 atom stereocenters. The van der Waals surface area contributed by atoms with Gasteiger partial charge in [0.15, 0.2) is 23.3 Å². The van der Waals surface area contributed by atoms with Crippen LogP contribution in [0.1, 0.15) is 68.9 Å². The lowest BCUT2D eigenvalue weighted by Gasteiger charge is -2.35. The standard InChI is InChI=1S/C27H30F4O/c1-3-4-20-11-10-19(15-32-20)17-6-8-18(9-7-17)21-13-14-23(27(31)25(21)29)22-12-5-16(2)24(28)26(22)30/h5,11-14,17-19H,3-4,6-10,15H2,1-2H3. The minimum absolute atomic E-state index is 0.0647. The van der Waals surface area contributed by atoms with Crippen molar-refractivity contribution in [2.75, 3.05) is 6.61 Å². The molecule has 1 aliphatic carbocycles. The molecule has 0 N–H and O–H groups in total. The lowest BCUT2D eigenvalue weighted by molar-refractivity contribution is 0.0892. The van der Waals surface area contributed by atoms with E-state index >= 15 is 0 Å². The first-order valence-electron chi connectivity index (χ1n) is 11.6. The van der Waals surface area contributed by atoms with Crippen LogP contribution in [0.3, 0.4) is 0 Å². The Labute approximate surface area is 187 Å². The van der Waals surface area contributed by atoms with E-state index in [1.807, 2.05) is 0 Å². The molecule has 0 saturated heterocycles. The first kappa shape index (κ1) is 22.9. The third kappa shape index (κ3) is 4.44. The molecule has 172 valence electrons. The molecular weight excluding hydrogens is 416 g/mol. The highest BCUT2D eigenvalue weighted by Crippen LogP contribution is 2.43. The highest BCUT2D eigenvalue weighted by molar-refractivity contribution is 5.66. The van der Waals surface area contributed by atoms with Gasteiger partial charge >= 0.3 is 0 Å². The van der Waals surface area contributed by atoms with Gasteiger partial charge in [-0.25, -0.2) is 17.6 Å². The van der Waals surface area contributed by atoms with Crippen LogP contribution in [0.5, 0.6) is 0 Å². The molecule has 1 fully saturated rings. The van der Waals surface area contributed by atoms with E-state index in [1.54, 1.807) is 6.07 Å². The summed E-state index contributed by atoms with van der Waals surface area (Å²) in [5.41, 5.74) is -0.0402. The summed E-state index contributed by atoms with van der Waals surface area (Å²) in [4.78, 5) is 0. The number of ether oxygens (including phenoxy) is 1. The van der Waals surface area contributed by atoms with Gasteiger partial charge in [-0.3, -0.25) is 0 Å². The van der Waals surface area contributed by atoms with E-state index in [0.717, 1.165) is 57.3 Å². The number of benzene rings is 2. The topological polar surface area (TPSA) is 9.23 Å². The Morgan fingerprint density at radius 2 is 1.47 bits per heavy atom. The number of hydrogen-bond donors (Lipinski definition) is 0. The Morgan fingerprint density at radius 1 is 0.812 bits per heavy atom. The number of rotatable bonds is 5. The van der Waals surface area contributed by atoms with Gasteiger partial charge in [0.2, 0.25) is 0 Å². The third-order valence-electron chi connectivity index (χ3n) is 7.18. The van der Waals surface area contributed by atoms with E-state index in [9.17, 15) is 17.6 Å². The smallest absolute Gasteiger partial charge is 0.167 e. The largest absolute Gasteiger partial charge is 0.498 e. The molecule has 0 aromatic heterocycles. The minimum Gasteiger partial charge on any atom is -0.498 e. The number of halogens is 4. The molecule has 1 aliphatic heterocycles. The highest BCUT2D eigenvalue weighted by Gasteiger charge is 2.32. The molecule has 1 nitrogen and oxygen atoms in total. The van der Waals surface area contributed by atoms with Crippen molar-refractivity contribution in [2.24, 2.45) is 11.8 Å². The average molecular weight is 447 g/mol. The van der Waals surface area contributed by atoms with Crippen molar-refractivity contribution < 1.29 is 22.3 Å².